The molecule has 2 heterocycles. The number of amides is 1. The second-order valence-electron chi connectivity index (χ2n) is 9.25. The monoisotopic (exact) mass is 549 g/mol. The minimum atomic E-state index is -0.677. The van der Waals surface area contributed by atoms with Crippen LogP contribution in [0.25, 0.3) is 0 Å². The highest BCUT2D eigenvalue weighted by Gasteiger charge is 2.30. The standard InChI is InChI=1S/C29H27NO8S/c1-35-29(34)27-20-9-7-18(17-5-3-2-4-6-17)14-24(20)39-28(27)30-25(32)11-12-26(33)36-15-21(31)19-8-10-22-23(13-19)38-16-37-22/h2-6,8,10,13,18H,7,9,11-12,14-16H2,1H3,(H,30,32). The Morgan fingerprint density at radius 1 is 1.03 bits per heavy atom. The third-order valence-corrected chi connectivity index (χ3v) is 7.96. The molecule has 0 radical (unpaired) electrons. The van der Waals surface area contributed by atoms with E-state index in [-0.39, 0.29) is 19.6 Å². The summed E-state index contributed by atoms with van der Waals surface area (Å²) in [5.74, 6) is -0.662. The van der Waals surface area contributed by atoms with Crippen LogP contribution in [0, 0.1) is 0 Å². The number of rotatable bonds is 9. The number of nitrogens with one attached hydrogen (secondary N) is 1. The zero-order chi connectivity index (χ0) is 27.4. The normalized spacial score (nSPS) is 15.3. The molecule has 1 unspecified atom stereocenters. The van der Waals surface area contributed by atoms with E-state index in [1.54, 1.807) is 12.1 Å². The SMILES string of the molecule is COC(=O)c1c(NC(=O)CCC(=O)OCC(=O)c2ccc3c(c2)OCO3)sc2c1CCC(c1ccccc1)C2. The quantitative estimate of drug-likeness (QED) is 0.302. The number of ketones is 1. The number of benzene rings is 2. The van der Waals surface area contributed by atoms with Crippen molar-refractivity contribution < 1.29 is 38.1 Å². The van der Waals surface area contributed by atoms with Gasteiger partial charge in [-0.1, -0.05) is 30.3 Å². The van der Waals surface area contributed by atoms with E-state index in [2.05, 4.69) is 17.4 Å². The van der Waals surface area contributed by atoms with E-state index in [4.69, 9.17) is 18.9 Å². The molecule has 2 aliphatic rings. The van der Waals surface area contributed by atoms with Crippen LogP contribution in [0.1, 0.15) is 61.9 Å². The number of hydrogen-bond acceptors (Lipinski definition) is 9. The molecule has 1 aliphatic heterocycles. The van der Waals surface area contributed by atoms with Crippen molar-refractivity contribution in [1.29, 1.82) is 0 Å². The first-order valence-electron chi connectivity index (χ1n) is 12.6. The van der Waals surface area contributed by atoms with E-state index in [0.717, 1.165) is 23.3 Å². The first-order valence-corrected chi connectivity index (χ1v) is 13.4. The molecular weight excluding hydrogens is 522 g/mol. The fourth-order valence-electron chi connectivity index (χ4n) is 4.78. The summed E-state index contributed by atoms with van der Waals surface area (Å²) in [5, 5.41) is 3.21. The lowest BCUT2D eigenvalue weighted by molar-refractivity contribution is -0.143. The lowest BCUT2D eigenvalue weighted by Gasteiger charge is -2.22. The third kappa shape index (κ3) is 5.96. The molecule has 0 fully saturated rings. The van der Waals surface area contributed by atoms with E-state index in [9.17, 15) is 19.2 Å². The molecule has 1 atom stereocenters. The zero-order valence-electron chi connectivity index (χ0n) is 21.3. The molecule has 1 N–H and O–H groups in total. The average Bonchev–Trinajstić information content (AvgIpc) is 3.58. The van der Waals surface area contributed by atoms with Crippen LogP contribution in [-0.2, 0) is 31.9 Å². The maximum atomic E-state index is 12.7. The number of Topliss-reactive ketones (excluding diaryl/α,β-unsaturated/α-hetero) is 1. The molecule has 0 bridgehead atoms. The lowest BCUT2D eigenvalue weighted by Crippen LogP contribution is -2.18. The number of fused-ring (bicyclic) bond motifs is 2. The zero-order valence-corrected chi connectivity index (χ0v) is 22.1. The van der Waals surface area contributed by atoms with Crippen molar-refractivity contribution in [2.45, 2.75) is 38.0 Å². The van der Waals surface area contributed by atoms with Crippen LogP contribution >= 0.6 is 11.3 Å². The highest BCUT2D eigenvalue weighted by atomic mass is 32.1. The highest BCUT2D eigenvalue weighted by molar-refractivity contribution is 7.17. The Hall–Kier alpha value is -4.18. The summed E-state index contributed by atoms with van der Waals surface area (Å²) in [6.45, 7) is -0.361. The van der Waals surface area contributed by atoms with Crippen LogP contribution in [0.3, 0.4) is 0 Å². The van der Waals surface area contributed by atoms with Gasteiger partial charge in [0.1, 0.15) is 5.00 Å². The number of ether oxygens (including phenoxy) is 4. The Labute approximate surface area is 229 Å². The summed E-state index contributed by atoms with van der Waals surface area (Å²) in [7, 11) is 1.31. The van der Waals surface area contributed by atoms with Crippen molar-refractivity contribution in [2.24, 2.45) is 0 Å². The number of anilines is 1. The molecule has 0 saturated heterocycles. The summed E-state index contributed by atoms with van der Waals surface area (Å²) >= 11 is 1.37. The first-order chi connectivity index (χ1) is 18.9. The molecule has 10 heteroatoms. The minimum Gasteiger partial charge on any atom is -0.465 e. The first kappa shape index (κ1) is 26.4. The predicted molar refractivity (Wildman–Crippen MR) is 143 cm³/mol. The van der Waals surface area contributed by atoms with Crippen molar-refractivity contribution in [2.75, 3.05) is 25.8 Å². The van der Waals surface area contributed by atoms with Gasteiger partial charge in [0.15, 0.2) is 23.9 Å². The maximum Gasteiger partial charge on any atom is 0.341 e. The average molecular weight is 550 g/mol. The maximum absolute atomic E-state index is 12.7. The molecule has 0 saturated carbocycles. The Kier molecular flexibility index (Phi) is 7.92. The number of carbonyl (C=O) groups excluding carboxylic acids is 4. The van der Waals surface area contributed by atoms with Gasteiger partial charge in [-0.3, -0.25) is 14.4 Å². The number of esters is 2. The van der Waals surface area contributed by atoms with Gasteiger partial charge in [0.2, 0.25) is 12.7 Å². The van der Waals surface area contributed by atoms with Gasteiger partial charge >= 0.3 is 11.9 Å². The summed E-state index contributed by atoms with van der Waals surface area (Å²) < 4.78 is 20.5. The smallest absolute Gasteiger partial charge is 0.341 e. The van der Waals surface area contributed by atoms with Gasteiger partial charge in [-0.15, -0.1) is 11.3 Å². The summed E-state index contributed by atoms with van der Waals surface area (Å²) in [5.41, 5.74) is 2.87. The molecular formula is C29H27NO8S. The van der Waals surface area contributed by atoms with Crippen molar-refractivity contribution in [3.05, 3.63) is 75.7 Å². The van der Waals surface area contributed by atoms with Crippen LogP contribution in [0.5, 0.6) is 11.5 Å². The van der Waals surface area contributed by atoms with Crippen LogP contribution in [-0.4, -0.2) is 44.1 Å². The van der Waals surface area contributed by atoms with E-state index >= 15 is 0 Å². The van der Waals surface area contributed by atoms with Crippen LogP contribution < -0.4 is 14.8 Å². The summed E-state index contributed by atoms with van der Waals surface area (Å²) in [6, 6.07) is 15.0. The fourth-order valence-corrected chi connectivity index (χ4v) is 6.11. The number of carbonyl (C=O) groups is 4. The molecule has 1 aliphatic carbocycles. The molecule has 9 nitrogen and oxygen atoms in total. The largest absolute Gasteiger partial charge is 0.465 e. The molecule has 0 spiro atoms. The summed E-state index contributed by atoms with van der Waals surface area (Å²) in [4.78, 5) is 50.9. The molecule has 3 aromatic rings. The fraction of sp³-hybridized carbons (Fsp3) is 0.310. The van der Waals surface area contributed by atoms with E-state index in [1.807, 2.05) is 18.2 Å². The van der Waals surface area contributed by atoms with Crippen molar-refractivity contribution in [3.63, 3.8) is 0 Å². The Balaban J connectivity index is 1.16. The molecule has 39 heavy (non-hydrogen) atoms. The Morgan fingerprint density at radius 2 is 1.82 bits per heavy atom. The van der Waals surface area contributed by atoms with Crippen molar-refractivity contribution >= 4 is 40.0 Å². The van der Waals surface area contributed by atoms with Crippen LogP contribution in [0.15, 0.2) is 48.5 Å². The van der Waals surface area contributed by atoms with E-state index in [1.165, 1.54) is 30.1 Å². The highest BCUT2D eigenvalue weighted by Crippen LogP contribution is 2.42. The van der Waals surface area contributed by atoms with Gasteiger partial charge < -0.3 is 24.3 Å². The lowest BCUT2D eigenvalue weighted by atomic mass is 9.83. The second kappa shape index (κ2) is 11.7. The van der Waals surface area contributed by atoms with Gasteiger partial charge in [-0.05, 0) is 54.5 Å². The molecule has 202 valence electrons. The van der Waals surface area contributed by atoms with Crippen molar-refractivity contribution in [3.8, 4) is 11.5 Å². The van der Waals surface area contributed by atoms with Gasteiger partial charge in [0.25, 0.3) is 0 Å². The van der Waals surface area contributed by atoms with Gasteiger partial charge in [0.05, 0.1) is 19.1 Å². The van der Waals surface area contributed by atoms with Gasteiger partial charge in [0, 0.05) is 16.9 Å². The third-order valence-electron chi connectivity index (χ3n) is 6.79. The second-order valence-corrected chi connectivity index (χ2v) is 10.4. The number of hydrogen-bond donors (Lipinski definition) is 1. The topological polar surface area (TPSA) is 117 Å². The number of thiophene rings is 1. The molecule has 2 aromatic carbocycles. The van der Waals surface area contributed by atoms with Crippen LogP contribution in [0.4, 0.5) is 5.00 Å². The Bertz CT molecular complexity index is 1410. The summed E-state index contributed by atoms with van der Waals surface area (Å²) in [6.07, 6.45) is 1.99. The van der Waals surface area contributed by atoms with E-state index in [0.29, 0.717) is 40.0 Å². The molecule has 5 rings (SSSR count). The van der Waals surface area contributed by atoms with E-state index < -0.39 is 30.2 Å². The van der Waals surface area contributed by atoms with Gasteiger partial charge in [-0.25, -0.2) is 4.79 Å². The van der Waals surface area contributed by atoms with Gasteiger partial charge in [-0.2, -0.15) is 0 Å². The van der Waals surface area contributed by atoms with Crippen molar-refractivity contribution in [1.82, 2.24) is 0 Å². The van der Waals surface area contributed by atoms with Crippen LogP contribution in [0.2, 0.25) is 0 Å². The Morgan fingerprint density at radius 3 is 2.62 bits per heavy atom. The number of methoxy groups -OCH3 is 1. The predicted octanol–water partition coefficient (Wildman–Crippen LogP) is 4.68. The molecule has 1 amide bonds. The molecule has 1 aromatic heterocycles. The minimum absolute atomic E-state index is 0.0907.